The van der Waals surface area contributed by atoms with Crippen LogP contribution in [-0.2, 0) is 0 Å². The van der Waals surface area contributed by atoms with Crippen LogP contribution in [0, 0.1) is 11.8 Å². The van der Waals surface area contributed by atoms with E-state index in [0.29, 0.717) is 17.9 Å². The molecule has 2 aliphatic rings. The molecular formula is C22H26Cl2N4O2. The van der Waals surface area contributed by atoms with Crippen LogP contribution in [0.5, 0.6) is 5.75 Å². The number of ether oxygens (including phenoxy) is 1. The van der Waals surface area contributed by atoms with Crippen molar-refractivity contribution < 1.29 is 9.53 Å². The van der Waals surface area contributed by atoms with E-state index in [0.717, 1.165) is 36.6 Å². The van der Waals surface area contributed by atoms with Crippen LogP contribution in [0.3, 0.4) is 0 Å². The lowest BCUT2D eigenvalue weighted by Gasteiger charge is -2.27. The number of nitrogens with zero attached hydrogens (tertiary/aromatic N) is 4. The molecule has 0 aliphatic carbocycles. The van der Waals surface area contributed by atoms with Gasteiger partial charge in [-0.25, -0.2) is 4.98 Å². The second-order valence-corrected chi connectivity index (χ2v) is 7.90. The molecule has 2 fully saturated rings. The van der Waals surface area contributed by atoms with E-state index in [9.17, 15) is 4.79 Å². The predicted octanol–water partition coefficient (Wildman–Crippen LogP) is 3.56. The van der Waals surface area contributed by atoms with Gasteiger partial charge in [0, 0.05) is 50.2 Å². The van der Waals surface area contributed by atoms with Crippen LogP contribution in [0.15, 0.2) is 55.0 Å². The highest BCUT2D eigenvalue weighted by Gasteiger charge is 2.47. The van der Waals surface area contributed by atoms with E-state index in [1.807, 2.05) is 46.0 Å². The number of aromatic nitrogens is 2. The number of fused-ring (bicyclic) bond motifs is 2. The lowest BCUT2D eigenvalue weighted by Crippen LogP contribution is -2.33. The molecule has 4 heterocycles. The molecule has 1 amide bonds. The third-order valence-electron chi connectivity index (χ3n) is 6.27. The first kappa shape index (κ1) is 22.4. The summed E-state index contributed by atoms with van der Waals surface area (Å²) in [6.45, 7) is 2.64. The van der Waals surface area contributed by atoms with E-state index >= 15 is 0 Å². The van der Waals surface area contributed by atoms with Crippen LogP contribution >= 0.6 is 24.8 Å². The highest BCUT2D eigenvalue weighted by atomic mass is 35.5. The Hall–Kier alpha value is -2.28. The number of pyridine rings is 1. The minimum Gasteiger partial charge on any atom is -0.497 e. The summed E-state index contributed by atoms with van der Waals surface area (Å²) in [5, 5.41) is 0. The Morgan fingerprint density at radius 1 is 1.07 bits per heavy atom. The van der Waals surface area contributed by atoms with Crippen molar-refractivity contribution >= 4 is 36.4 Å². The van der Waals surface area contributed by atoms with Crippen LogP contribution in [0.2, 0.25) is 0 Å². The topological polar surface area (TPSA) is 50.1 Å². The maximum Gasteiger partial charge on any atom is 0.255 e. The molecule has 30 heavy (non-hydrogen) atoms. The molecule has 1 aromatic carbocycles. The lowest BCUT2D eigenvalue weighted by molar-refractivity contribution is 0.0767. The van der Waals surface area contributed by atoms with E-state index in [1.165, 1.54) is 5.56 Å². The third kappa shape index (κ3) is 3.75. The number of amides is 1. The second-order valence-electron chi connectivity index (χ2n) is 7.90. The van der Waals surface area contributed by atoms with Gasteiger partial charge in [0.2, 0.25) is 0 Å². The van der Waals surface area contributed by atoms with Crippen LogP contribution in [0.25, 0.3) is 5.65 Å². The minimum absolute atomic E-state index is 0. The Morgan fingerprint density at radius 2 is 1.83 bits per heavy atom. The number of carbonyl (C=O) groups excluding carboxylic acids is 1. The molecule has 2 saturated heterocycles. The molecule has 0 radical (unpaired) electrons. The van der Waals surface area contributed by atoms with Crippen LogP contribution < -0.4 is 4.74 Å². The zero-order valence-electron chi connectivity index (χ0n) is 17.0. The fourth-order valence-electron chi connectivity index (χ4n) is 4.96. The minimum atomic E-state index is 0. The Balaban J connectivity index is 0.00000128. The van der Waals surface area contributed by atoms with Crippen molar-refractivity contribution in [1.29, 1.82) is 0 Å². The van der Waals surface area contributed by atoms with Gasteiger partial charge in [0.1, 0.15) is 11.4 Å². The smallest absolute Gasteiger partial charge is 0.255 e. The first-order chi connectivity index (χ1) is 13.6. The summed E-state index contributed by atoms with van der Waals surface area (Å²) < 4.78 is 7.20. The summed E-state index contributed by atoms with van der Waals surface area (Å²) in [7, 11) is 3.88. The number of benzene rings is 1. The van der Waals surface area contributed by atoms with Gasteiger partial charge in [0.25, 0.3) is 5.91 Å². The predicted molar refractivity (Wildman–Crippen MR) is 121 cm³/mol. The summed E-state index contributed by atoms with van der Waals surface area (Å²) in [5.74, 6) is 1.96. The SMILES string of the molecule is COc1ccc([C@@H]2[C@@H]3CN(C(=O)c4ccc5nccn5c4)C[C@@H]3CN2C)cc1.Cl.Cl. The molecule has 8 heteroatoms. The molecule has 3 atom stereocenters. The van der Waals surface area contributed by atoms with E-state index in [4.69, 9.17) is 4.74 Å². The molecule has 5 rings (SSSR count). The second kappa shape index (κ2) is 8.84. The molecule has 0 spiro atoms. The van der Waals surface area contributed by atoms with E-state index in [1.54, 1.807) is 13.3 Å². The Labute approximate surface area is 188 Å². The molecule has 2 aliphatic heterocycles. The Bertz CT molecular complexity index is 1020. The molecule has 0 bridgehead atoms. The zero-order valence-corrected chi connectivity index (χ0v) is 18.6. The molecule has 160 valence electrons. The monoisotopic (exact) mass is 448 g/mol. The number of hydrogen-bond donors (Lipinski definition) is 0. The molecule has 0 N–H and O–H groups in total. The quantitative estimate of drug-likeness (QED) is 0.614. The number of imidazole rings is 1. The van der Waals surface area contributed by atoms with E-state index < -0.39 is 0 Å². The maximum absolute atomic E-state index is 13.1. The van der Waals surface area contributed by atoms with Crippen molar-refractivity contribution in [3.05, 3.63) is 66.1 Å². The zero-order chi connectivity index (χ0) is 19.3. The number of carbonyl (C=O) groups is 1. The van der Waals surface area contributed by atoms with Crippen LogP contribution in [0.1, 0.15) is 22.0 Å². The van der Waals surface area contributed by atoms with Crippen LogP contribution in [-0.4, -0.2) is 58.9 Å². The normalized spacial score (nSPS) is 23.0. The molecular weight excluding hydrogens is 423 g/mol. The average molecular weight is 449 g/mol. The summed E-state index contributed by atoms with van der Waals surface area (Å²) in [6.07, 6.45) is 5.50. The first-order valence-electron chi connectivity index (χ1n) is 9.70. The molecule has 3 aromatic rings. The van der Waals surface area contributed by atoms with Gasteiger partial charge < -0.3 is 14.0 Å². The van der Waals surface area contributed by atoms with Gasteiger partial charge in [0.05, 0.1) is 12.7 Å². The van der Waals surface area contributed by atoms with E-state index in [2.05, 4.69) is 29.1 Å². The van der Waals surface area contributed by atoms with Crippen molar-refractivity contribution in [3.63, 3.8) is 0 Å². The van der Waals surface area contributed by atoms with Crippen molar-refractivity contribution in [2.75, 3.05) is 33.8 Å². The fourth-order valence-corrected chi connectivity index (χ4v) is 4.96. The fraction of sp³-hybridized carbons (Fsp3) is 0.364. The van der Waals surface area contributed by atoms with Crippen molar-refractivity contribution in [1.82, 2.24) is 19.2 Å². The Kier molecular flexibility index (Phi) is 6.60. The summed E-state index contributed by atoms with van der Waals surface area (Å²) >= 11 is 0. The standard InChI is InChI=1S/C22H24N4O2.2ClH/c1-24-11-17-13-26(22(27)16-5-8-20-23-9-10-25(20)12-16)14-19(17)21(24)15-3-6-18(28-2)7-4-15;;/h3-10,12,17,19,21H,11,13-14H2,1-2H3;2*1H/t17-,19+,21+;;/m0../s1. The van der Waals surface area contributed by atoms with Gasteiger partial charge >= 0.3 is 0 Å². The Morgan fingerprint density at radius 3 is 2.57 bits per heavy atom. The van der Waals surface area contributed by atoms with Crippen molar-refractivity contribution in [2.24, 2.45) is 11.8 Å². The highest BCUT2D eigenvalue weighted by molar-refractivity contribution is 5.94. The van der Waals surface area contributed by atoms with Gasteiger partial charge in [-0.2, -0.15) is 0 Å². The average Bonchev–Trinajstić information content (AvgIpc) is 3.41. The molecule has 0 unspecified atom stereocenters. The largest absolute Gasteiger partial charge is 0.497 e. The maximum atomic E-state index is 13.1. The van der Waals surface area contributed by atoms with Gasteiger partial charge in [-0.15, -0.1) is 24.8 Å². The third-order valence-corrected chi connectivity index (χ3v) is 6.27. The van der Waals surface area contributed by atoms with Crippen LogP contribution in [0.4, 0.5) is 0 Å². The lowest BCUT2D eigenvalue weighted by atomic mass is 9.89. The highest BCUT2D eigenvalue weighted by Crippen LogP contribution is 2.44. The first-order valence-corrected chi connectivity index (χ1v) is 9.70. The van der Waals surface area contributed by atoms with E-state index in [-0.39, 0.29) is 30.7 Å². The van der Waals surface area contributed by atoms with Gasteiger partial charge in [-0.3, -0.25) is 9.69 Å². The number of methoxy groups -OCH3 is 1. The number of halogens is 2. The summed E-state index contributed by atoms with van der Waals surface area (Å²) in [6, 6.07) is 12.5. The number of likely N-dealkylation sites (tertiary alicyclic amines) is 2. The molecule has 2 aromatic heterocycles. The summed E-state index contributed by atoms with van der Waals surface area (Å²) in [4.78, 5) is 21.8. The summed E-state index contributed by atoms with van der Waals surface area (Å²) in [5.41, 5.74) is 2.88. The number of hydrogen-bond acceptors (Lipinski definition) is 4. The van der Waals surface area contributed by atoms with Gasteiger partial charge in [-0.1, -0.05) is 12.1 Å². The van der Waals surface area contributed by atoms with Gasteiger partial charge in [0.15, 0.2) is 0 Å². The number of rotatable bonds is 3. The molecule has 0 saturated carbocycles. The van der Waals surface area contributed by atoms with Gasteiger partial charge in [-0.05, 0) is 42.8 Å². The van der Waals surface area contributed by atoms with Crippen molar-refractivity contribution in [3.8, 4) is 5.75 Å². The van der Waals surface area contributed by atoms with Crippen molar-refractivity contribution in [2.45, 2.75) is 6.04 Å². The molecule has 6 nitrogen and oxygen atoms in total.